The summed E-state index contributed by atoms with van der Waals surface area (Å²) in [7, 11) is 1.58. The Labute approximate surface area is 174 Å². The van der Waals surface area contributed by atoms with Gasteiger partial charge < -0.3 is 19.2 Å². The van der Waals surface area contributed by atoms with Crippen molar-refractivity contribution >= 4 is 17.4 Å². The van der Waals surface area contributed by atoms with Gasteiger partial charge in [-0.05, 0) is 36.8 Å². The number of carbonyl (C=O) groups excluding carboxylic acids is 2. The van der Waals surface area contributed by atoms with Crippen LogP contribution in [0.3, 0.4) is 0 Å². The molecule has 0 bridgehead atoms. The number of benzene rings is 2. The van der Waals surface area contributed by atoms with Crippen LogP contribution in [0.1, 0.15) is 28.5 Å². The highest BCUT2D eigenvalue weighted by molar-refractivity contribution is 6.46. The van der Waals surface area contributed by atoms with Gasteiger partial charge in [-0.1, -0.05) is 42.0 Å². The lowest BCUT2D eigenvalue weighted by Gasteiger charge is -2.23. The number of aliphatic hydroxyl groups excluding tert-OH is 1. The van der Waals surface area contributed by atoms with E-state index in [2.05, 4.69) is 0 Å². The van der Waals surface area contributed by atoms with Crippen molar-refractivity contribution in [2.75, 3.05) is 7.11 Å². The molecule has 30 heavy (non-hydrogen) atoms. The van der Waals surface area contributed by atoms with Crippen LogP contribution in [-0.2, 0) is 16.1 Å². The van der Waals surface area contributed by atoms with E-state index in [0.29, 0.717) is 17.1 Å². The minimum Gasteiger partial charge on any atom is -0.507 e. The van der Waals surface area contributed by atoms with Gasteiger partial charge >= 0.3 is 0 Å². The highest BCUT2D eigenvalue weighted by atomic mass is 16.5. The van der Waals surface area contributed by atoms with Gasteiger partial charge in [0.15, 0.2) is 0 Å². The molecule has 2 heterocycles. The van der Waals surface area contributed by atoms with Crippen LogP contribution in [0.5, 0.6) is 5.75 Å². The second-order valence-corrected chi connectivity index (χ2v) is 7.16. The van der Waals surface area contributed by atoms with E-state index in [-0.39, 0.29) is 17.9 Å². The van der Waals surface area contributed by atoms with Gasteiger partial charge in [0, 0.05) is 12.1 Å². The number of furan rings is 1. The predicted molar refractivity (Wildman–Crippen MR) is 111 cm³/mol. The molecule has 1 fully saturated rings. The number of ether oxygens (including phenoxy) is 1. The summed E-state index contributed by atoms with van der Waals surface area (Å²) in [5, 5.41) is 10.9. The first-order valence-corrected chi connectivity index (χ1v) is 9.51. The highest BCUT2D eigenvalue weighted by Crippen LogP contribution is 2.40. The highest BCUT2D eigenvalue weighted by Gasteiger charge is 2.47. The molecule has 1 aromatic heterocycles. The first-order valence-electron chi connectivity index (χ1n) is 9.51. The van der Waals surface area contributed by atoms with Crippen molar-refractivity contribution in [2.45, 2.75) is 19.5 Å². The average molecular weight is 403 g/mol. The van der Waals surface area contributed by atoms with Gasteiger partial charge in [0.05, 0.1) is 18.9 Å². The largest absolute Gasteiger partial charge is 0.507 e. The normalized spacial score (nSPS) is 18.1. The fraction of sp³-hybridized carbons (Fsp3) is 0.167. The van der Waals surface area contributed by atoms with Crippen LogP contribution >= 0.6 is 0 Å². The minimum absolute atomic E-state index is 0.0207. The summed E-state index contributed by atoms with van der Waals surface area (Å²) in [6.07, 6.45) is 1.48. The van der Waals surface area contributed by atoms with Gasteiger partial charge in [-0.15, -0.1) is 0 Å². The van der Waals surface area contributed by atoms with Crippen molar-refractivity contribution < 1.29 is 23.8 Å². The monoisotopic (exact) mass is 403 g/mol. The van der Waals surface area contributed by atoms with Gasteiger partial charge in [-0.2, -0.15) is 0 Å². The third-order valence-electron chi connectivity index (χ3n) is 5.19. The molecule has 0 spiro atoms. The maximum atomic E-state index is 12.9. The molecule has 1 aliphatic rings. The Kier molecular flexibility index (Phi) is 5.14. The van der Waals surface area contributed by atoms with Gasteiger partial charge in [-0.25, -0.2) is 0 Å². The maximum Gasteiger partial charge on any atom is 0.296 e. The number of likely N-dealkylation sites (tertiary alicyclic amines) is 1. The smallest absolute Gasteiger partial charge is 0.296 e. The molecule has 1 amide bonds. The van der Waals surface area contributed by atoms with Crippen LogP contribution in [0.4, 0.5) is 0 Å². The van der Waals surface area contributed by atoms with Crippen LogP contribution in [-0.4, -0.2) is 28.8 Å². The molecule has 1 unspecified atom stereocenters. The third kappa shape index (κ3) is 3.48. The Hall–Kier alpha value is -3.80. The van der Waals surface area contributed by atoms with Crippen molar-refractivity contribution in [2.24, 2.45) is 0 Å². The molecule has 6 nitrogen and oxygen atoms in total. The molecule has 4 rings (SSSR count). The van der Waals surface area contributed by atoms with E-state index in [0.717, 1.165) is 11.1 Å². The molecule has 6 heteroatoms. The number of aryl methyl sites for hydroxylation is 1. The lowest BCUT2D eigenvalue weighted by molar-refractivity contribution is -0.140. The van der Waals surface area contributed by atoms with Crippen molar-refractivity contribution in [1.29, 1.82) is 0 Å². The summed E-state index contributed by atoms with van der Waals surface area (Å²) in [6.45, 7) is 2.12. The molecule has 1 atom stereocenters. The number of hydrogen-bond donors (Lipinski definition) is 1. The summed E-state index contributed by atoms with van der Waals surface area (Å²) in [6, 6.07) is 16.9. The van der Waals surface area contributed by atoms with Crippen LogP contribution in [0.15, 0.2) is 76.9 Å². The summed E-state index contributed by atoms with van der Waals surface area (Å²) in [4.78, 5) is 27.2. The molecule has 152 valence electrons. The van der Waals surface area contributed by atoms with Gasteiger partial charge in [0.1, 0.15) is 23.3 Å². The van der Waals surface area contributed by atoms with Crippen molar-refractivity contribution in [3.8, 4) is 5.75 Å². The SMILES string of the molecule is COc1ccc(CN2C(=O)C(=O)/C(=C(\O)c3ccc(C)cc3)C2c2ccco2)cc1. The molecule has 2 aromatic carbocycles. The Bertz CT molecular complexity index is 1100. The maximum absolute atomic E-state index is 12.9. The fourth-order valence-corrected chi connectivity index (χ4v) is 3.58. The minimum atomic E-state index is -0.816. The van der Waals surface area contributed by atoms with Crippen LogP contribution in [0, 0.1) is 6.92 Å². The van der Waals surface area contributed by atoms with Crippen molar-refractivity contribution in [1.82, 2.24) is 4.90 Å². The summed E-state index contributed by atoms with van der Waals surface area (Å²) >= 11 is 0. The van der Waals surface area contributed by atoms with Crippen molar-refractivity contribution in [3.05, 3.63) is 95.0 Å². The number of hydrogen-bond acceptors (Lipinski definition) is 5. The Morgan fingerprint density at radius 1 is 1.07 bits per heavy atom. The number of carbonyl (C=O) groups is 2. The third-order valence-corrected chi connectivity index (χ3v) is 5.19. The first-order chi connectivity index (χ1) is 14.5. The van der Waals surface area contributed by atoms with E-state index in [1.807, 2.05) is 31.2 Å². The molecule has 1 N–H and O–H groups in total. The van der Waals surface area contributed by atoms with Gasteiger partial charge in [-0.3, -0.25) is 9.59 Å². The number of Topliss-reactive ketones (excluding diaryl/α,β-unsaturated/α-hetero) is 1. The van der Waals surface area contributed by atoms with E-state index in [1.165, 1.54) is 11.2 Å². The summed E-state index contributed by atoms with van der Waals surface area (Å²) in [5.74, 6) is -0.519. The van der Waals surface area contributed by atoms with Crippen LogP contribution in [0.2, 0.25) is 0 Å². The Morgan fingerprint density at radius 3 is 2.37 bits per heavy atom. The van der Waals surface area contributed by atoms with Gasteiger partial charge in [0.2, 0.25) is 0 Å². The molecule has 0 radical (unpaired) electrons. The van der Waals surface area contributed by atoms with E-state index in [9.17, 15) is 14.7 Å². The fourth-order valence-electron chi connectivity index (χ4n) is 3.58. The average Bonchev–Trinajstić information content (AvgIpc) is 3.37. The van der Waals surface area contributed by atoms with E-state index >= 15 is 0 Å². The summed E-state index contributed by atoms with van der Waals surface area (Å²) in [5.41, 5.74) is 2.34. The van der Waals surface area contributed by atoms with Crippen LogP contribution in [0.25, 0.3) is 5.76 Å². The lowest BCUT2D eigenvalue weighted by atomic mass is 9.98. The lowest BCUT2D eigenvalue weighted by Crippen LogP contribution is -2.29. The van der Waals surface area contributed by atoms with E-state index < -0.39 is 17.7 Å². The molecule has 1 saturated heterocycles. The first kappa shape index (κ1) is 19.5. The Morgan fingerprint density at radius 2 is 1.77 bits per heavy atom. The van der Waals surface area contributed by atoms with Gasteiger partial charge in [0.25, 0.3) is 11.7 Å². The molecular formula is C24H21NO5. The van der Waals surface area contributed by atoms with E-state index in [1.54, 1.807) is 43.5 Å². The quantitative estimate of drug-likeness (QED) is 0.392. The van der Waals surface area contributed by atoms with Crippen molar-refractivity contribution in [3.63, 3.8) is 0 Å². The summed E-state index contributed by atoms with van der Waals surface area (Å²) < 4.78 is 10.7. The zero-order chi connectivity index (χ0) is 21.3. The van der Waals surface area contributed by atoms with E-state index in [4.69, 9.17) is 9.15 Å². The number of ketones is 1. The second kappa shape index (κ2) is 7.91. The zero-order valence-corrected chi connectivity index (χ0v) is 16.7. The molecule has 3 aromatic rings. The standard InChI is InChI=1S/C24H21NO5/c1-15-5-9-17(10-6-15)22(26)20-21(19-4-3-13-30-19)25(24(28)23(20)27)14-16-7-11-18(29-2)12-8-16/h3-13,21,26H,14H2,1-2H3/b22-20-. The molecule has 0 saturated carbocycles. The molecule has 0 aliphatic carbocycles. The number of amides is 1. The molecular weight excluding hydrogens is 382 g/mol. The second-order valence-electron chi connectivity index (χ2n) is 7.16. The zero-order valence-electron chi connectivity index (χ0n) is 16.7. The number of rotatable bonds is 5. The molecule has 1 aliphatic heterocycles. The number of methoxy groups -OCH3 is 1. The topological polar surface area (TPSA) is 80.0 Å². The van der Waals surface area contributed by atoms with Crippen LogP contribution < -0.4 is 4.74 Å². The number of nitrogens with zero attached hydrogens (tertiary/aromatic N) is 1. The predicted octanol–water partition coefficient (Wildman–Crippen LogP) is 4.22. The number of aliphatic hydroxyl groups is 1. The Balaban J connectivity index is 1.78.